The van der Waals surface area contributed by atoms with Crippen LogP contribution in [0.5, 0.6) is 0 Å². The van der Waals surface area contributed by atoms with E-state index >= 15 is 0 Å². The third-order valence-electron chi connectivity index (χ3n) is 7.85. The maximum Gasteiger partial charge on any atom is 0.408 e. The zero-order chi connectivity index (χ0) is 24.7. The number of aromatic nitrogens is 2. The average Bonchev–Trinajstić information content (AvgIpc) is 3.50. The predicted octanol–water partition coefficient (Wildman–Crippen LogP) is 3.55. The van der Waals surface area contributed by atoms with E-state index in [1.165, 1.54) is 11.1 Å². The molecule has 2 aromatic carbocycles. The summed E-state index contributed by atoms with van der Waals surface area (Å²) >= 11 is 0. The molecule has 186 valence electrons. The summed E-state index contributed by atoms with van der Waals surface area (Å²) in [6.45, 7) is 2.71. The standard InChI is InChI=1S/C27H28N4O5/c32-24(33)10-9-23-28-25(30-36-23)27(16-31-13-11-17(27)12-14-31)29-26(34)35-15-22-20-7-3-1-5-18(20)19-6-2-4-8-21(19)22/h1-8,17,22H,9-16H2,(H,29,34)(H,32,33). The lowest BCUT2D eigenvalue weighted by atomic mass is 9.72. The quantitative estimate of drug-likeness (QED) is 0.519. The predicted molar refractivity (Wildman–Crippen MR) is 129 cm³/mol. The number of nitrogens with zero attached hydrogens (tertiary/aromatic N) is 3. The van der Waals surface area contributed by atoms with E-state index in [2.05, 4.69) is 44.6 Å². The Bertz CT molecular complexity index is 1250. The molecular weight excluding hydrogens is 460 g/mol. The number of hydrogen-bond donors (Lipinski definition) is 2. The van der Waals surface area contributed by atoms with Gasteiger partial charge in [-0.1, -0.05) is 53.7 Å². The highest BCUT2D eigenvalue weighted by Gasteiger charge is 2.52. The van der Waals surface area contributed by atoms with Gasteiger partial charge in [-0.3, -0.25) is 4.79 Å². The van der Waals surface area contributed by atoms with Crippen LogP contribution in [-0.4, -0.2) is 58.5 Å². The van der Waals surface area contributed by atoms with E-state index in [0.29, 0.717) is 12.4 Å². The number of amides is 1. The molecule has 9 heteroatoms. The third-order valence-corrected chi connectivity index (χ3v) is 7.85. The number of nitrogens with one attached hydrogen (secondary N) is 1. The monoisotopic (exact) mass is 488 g/mol. The summed E-state index contributed by atoms with van der Waals surface area (Å²) in [7, 11) is 0. The molecule has 0 saturated carbocycles. The topological polar surface area (TPSA) is 118 Å². The first-order chi connectivity index (χ1) is 17.5. The number of benzene rings is 2. The molecule has 9 nitrogen and oxygen atoms in total. The number of fused-ring (bicyclic) bond motifs is 6. The molecule has 1 aromatic heterocycles. The van der Waals surface area contributed by atoms with Gasteiger partial charge in [0.2, 0.25) is 5.89 Å². The van der Waals surface area contributed by atoms with Gasteiger partial charge in [-0.15, -0.1) is 0 Å². The lowest BCUT2D eigenvalue weighted by molar-refractivity contribution is -0.137. The third kappa shape index (κ3) is 3.93. The van der Waals surface area contributed by atoms with Crippen LogP contribution in [-0.2, 0) is 21.5 Å². The molecule has 2 bridgehead atoms. The summed E-state index contributed by atoms with van der Waals surface area (Å²) in [4.78, 5) is 31.0. The van der Waals surface area contributed by atoms with Crippen molar-refractivity contribution in [1.82, 2.24) is 20.4 Å². The first-order valence-corrected chi connectivity index (χ1v) is 12.4. The first kappa shape index (κ1) is 22.7. The smallest absolute Gasteiger partial charge is 0.408 e. The SMILES string of the molecule is O=C(O)CCc1nc(C2(NC(=O)OCC3c4ccccc4-c4ccccc43)CN3CCC2CC3)no1. The van der Waals surface area contributed by atoms with Crippen molar-refractivity contribution in [2.24, 2.45) is 5.92 Å². The second-order valence-corrected chi connectivity index (χ2v) is 9.88. The minimum atomic E-state index is -0.927. The van der Waals surface area contributed by atoms with Crippen LogP contribution in [0.25, 0.3) is 11.1 Å². The van der Waals surface area contributed by atoms with Crippen molar-refractivity contribution in [2.45, 2.75) is 37.1 Å². The number of hydrogen-bond acceptors (Lipinski definition) is 7. The minimum Gasteiger partial charge on any atom is -0.481 e. The summed E-state index contributed by atoms with van der Waals surface area (Å²) in [5, 5.41) is 16.3. The molecule has 3 saturated heterocycles. The zero-order valence-corrected chi connectivity index (χ0v) is 19.9. The summed E-state index contributed by atoms with van der Waals surface area (Å²) in [6.07, 6.45) is 1.36. The normalized spacial score (nSPS) is 24.2. The number of carbonyl (C=O) groups is 2. The van der Waals surface area contributed by atoms with E-state index in [0.717, 1.165) is 37.1 Å². The number of aryl methyl sites for hydroxylation is 1. The zero-order valence-electron chi connectivity index (χ0n) is 19.9. The number of carbonyl (C=O) groups excluding carboxylic acids is 1. The van der Waals surface area contributed by atoms with Gasteiger partial charge in [0, 0.05) is 18.9 Å². The van der Waals surface area contributed by atoms with Crippen LogP contribution in [0.3, 0.4) is 0 Å². The van der Waals surface area contributed by atoms with Crippen LogP contribution in [0.1, 0.15) is 48.0 Å². The minimum absolute atomic E-state index is 0.0292. The molecule has 2 N–H and O–H groups in total. The van der Waals surface area contributed by atoms with E-state index < -0.39 is 17.6 Å². The Morgan fingerprint density at radius 3 is 2.36 bits per heavy atom. The molecule has 36 heavy (non-hydrogen) atoms. The van der Waals surface area contributed by atoms with Crippen LogP contribution in [0, 0.1) is 5.92 Å². The van der Waals surface area contributed by atoms with Crippen molar-refractivity contribution in [3.8, 4) is 11.1 Å². The number of carboxylic acids is 1. The van der Waals surface area contributed by atoms with E-state index in [1.54, 1.807) is 0 Å². The van der Waals surface area contributed by atoms with Gasteiger partial charge in [0.25, 0.3) is 0 Å². The first-order valence-electron chi connectivity index (χ1n) is 12.4. The van der Waals surface area contributed by atoms with Crippen LogP contribution in [0.15, 0.2) is 53.1 Å². The Balaban J connectivity index is 1.22. The molecule has 1 amide bonds. The van der Waals surface area contributed by atoms with Gasteiger partial charge in [0.1, 0.15) is 12.1 Å². The molecule has 7 rings (SSSR count). The lowest BCUT2D eigenvalue weighted by Crippen LogP contribution is -2.65. The van der Waals surface area contributed by atoms with Crippen LogP contribution < -0.4 is 5.32 Å². The van der Waals surface area contributed by atoms with Gasteiger partial charge in [-0.25, -0.2) is 4.79 Å². The maximum absolute atomic E-state index is 13.3. The Morgan fingerprint density at radius 2 is 1.75 bits per heavy atom. The van der Waals surface area contributed by atoms with Gasteiger partial charge >= 0.3 is 12.1 Å². The van der Waals surface area contributed by atoms with Crippen molar-refractivity contribution in [2.75, 3.05) is 26.2 Å². The second-order valence-electron chi connectivity index (χ2n) is 9.88. The maximum atomic E-state index is 13.3. The van der Waals surface area contributed by atoms with Crippen molar-refractivity contribution in [3.63, 3.8) is 0 Å². The number of carboxylic acid groups (broad SMARTS) is 1. The number of aliphatic carboxylic acids is 1. The molecule has 0 spiro atoms. The molecule has 0 radical (unpaired) electrons. The second kappa shape index (κ2) is 9.05. The molecule has 4 heterocycles. The van der Waals surface area contributed by atoms with Gasteiger partial charge < -0.3 is 24.6 Å². The van der Waals surface area contributed by atoms with Crippen molar-refractivity contribution in [3.05, 3.63) is 71.4 Å². The fraction of sp³-hybridized carbons (Fsp3) is 0.407. The lowest BCUT2D eigenvalue weighted by Gasteiger charge is -2.51. The van der Waals surface area contributed by atoms with Gasteiger partial charge in [-0.05, 0) is 54.1 Å². The largest absolute Gasteiger partial charge is 0.481 e. The molecule has 1 atom stereocenters. The summed E-state index contributed by atoms with van der Waals surface area (Å²) in [6, 6.07) is 16.5. The fourth-order valence-electron chi connectivity index (χ4n) is 6.08. The van der Waals surface area contributed by atoms with E-state index in [9.17, 15) is 9.59 Å². The van der Waals surface area contributed by atoms with Gasteiger partial charge in [0.15, 0.2) is 5.82 Å². The van der Waals surface area contributed by atoms with Crippen molar-refractivity contribution < 1.29 is 24.0 Å². The summed E-state index contributed by atoms with van der Waals surface area (Å²) in [5.74, 6) is -0.154. The van der Waals surface area contributed by atoms with Crippen molar-refractivity contribution >= 4 is 12.1 Å². The average molecular weight is 489 g/mol. The summed E-state index contributed by atoms with van der Waals surface area (Å²) in [5.41, 5.74) is 3.84. The van der Waals surface area contributed by atoms with E-state index in [4.69, 9.17) is 14.4 Å². The van der Waals surface area contributed by atoms with E-state index in [-0.39, 0.29) is 37.2 Å². The van der Waals surface area contributed by atoms with Gasteiger partial charge in [0.05, 0.1) is 6.42 Å². The number of piperidine rings is 3. The number of ether oxygens (including phenoxy) is 1. The fourth-order valence-corrected chi connectivity index (χ4v) is 6.08. The number of alkyl carbamates (subject to hydrolysis) is 1. The van der Waals surface area contributed by atoms with Gasteiger partial charge in [-0.2, -0.15) is 4.98 Å². The van der Waals surface area contributed by atoms with Crippen molar-refractivity contribution in [1.29, 1.82) is 0 Å². The summed E-state index contributed by atoms with van der Waals surface area (Å²) < 4.78 is 11.2. The Morgan fingerprint density at radius 1 is 1.08 bits per heavy atom. The molecule has 1 unspecified atom stereocenters. The van der Waals surface area contributed by atoms with E-state index in [1.807, 2.05) is 24.3 Å². The highest BCUT2D eigenvalue weighted by atomic mass is 16.5. The molecular formula is C27H28N4O5. The molecule has 3 aliphatic heterocycles. The Kier molecular flexibility index (Phi) is 5.72. The van der Waals surface area contributed by atoms with Crippen LogP contribution in [0.4, 0.5) is 4.79 Å². The number of rotatable bonds is 7. The van der Waals surface area contributed by atoms with Crippen LogP contribution >= 0.6 is 0 Å². The Hall–Kier alpha value is -3.72. The highest BCUT2D eigenvalue weighted by Crippen LogP contribution is 2.45. The molecule has 4 aliphatic rings. The molecule has 3 fully saturated rings. The Labute approximate surface area is 208 Å². The highest BCUT2D eigenvalue weighted by molar-refractivity contribution is 5.79. The molecule has 1 aliphatic carbocycles. The molecule has 3 aromatic rings. The van der Waals surface area contributed by atoms with Crippen LogP contribution in [0.2, 0.25) is 0 Å².